The Morgan fingerprint density at radius 3 is 2.40 bits per heavy atom. The second-order valence-corrected chi connectivity index (χ2v) is 3.98. The topological polar surface area (TPSA) is 20.3 Å². The van der Waals surface area contributed by atoms with Gasteiger partial charge in [0.15, 0.2) is 0 Å². The Morgan fingerprint density at radius 2 is 1.93 bits per heavy atom. The van der Waals surface area contributed by atoms with Gasteiger partial charge in [0.1, 0.15) is 0 Å². The summed E-state index contributed by atoms with van der Waals surface area (Å²) in [4.78, 5) is 13.5. The van der Waals surface area contributed by atoms with Crippen LogP contribution in [-0.4, -0.2) is 12.5 Å². The monoisotopic (exact) mass is 204 g/mol. The lowest BCUT2D eigenvalue weighted by atomic mass is 10.1. The minimum absolute atomic E-state index is 0.0786. The average Bonchev–Trinajstić information content (AvgIpc) is 2.26. The lowest BCUT2D eigenvalue weighted by Gasteiger charge is -2.24. The number of carbonyl (C=O) groups is 1. The van der Waals surface area contributed by atoms with Crippen LogP contribution in [0.25, 0.3) is 0 Å². The summed E-state index contributed by atoms with van der Waals surface area (Å²) in [6.45, 7) is 8.60. The van der Waals surface area contributed by atoms with Gasteiger partial charge in [-0.25, -0.2) is 0 Å². The number of benzene rings is 1. The van der Waals surface area contributed by atoms with Crippen molar-refractivity contribution >= 4 is 11.6 Å². The van der Waals surface area contributed by atoms with Crippen molar-refractivity contribution in [1.82, 2.24) is 0 Å². The predicted octanol–water partition coefficient (Wildman–Crippen LogP) is 2.90. The van der Waals surface area contributed by atoms with Gasteiger partial charge >= 0.3 is 0 Å². The molecule has 0 saturated heterocycles. The second kappa shape index (κ2) is 5.54. The van der Waals surface area contributed by atoms with E-state index in [0.717, 1.165) is 12.2 Å². The van der Waals surface area contributed by atoms with Crippen molar-refractivity contribution in [1.29, 1.82) is 0 Å². The van der Waals surface area contributed by atoms with Gasteiger partial charge in [0, 0.05) is 18.7 Å². The molecule has 2 heteroatoms. The molecule has 0 aromatic heterocycles. The molecule has 0 atom stereocenters. The Balaban J connectivity index is 2.86. The number of rotatable bonds is 4. The standard InChI is InChI=1S/C13H18NO/c1-4-13(15)14(10-11(2)3)12-8-6-5-7-9-12/h5-9,11H,1,4,10H2,2-3H3. The van der Waals surface area contributed by atoms with E-state index in [0.29, 0.717) is 12.3 Å². The van der Waals surface area contributed by atoms with Gasteiger partial charge in [-0.1, -0.05) is 32.0 Å². The fourth-order valence-electron chi connectivity index (χ4n) is 1.46. The Bertz CT molecular complexity index is 306. The molecule has 0 spiro atoms. The largest absolute Gasteiger partial charge is 0.312 e. The quantitative estimate of drug-likeness (QED) is 0.738. The molecule has 1 amide bonds. The molecule has 1 rings (SSSR count). The van der Waals surface area contributed by atoms with Crippen molar-refractivity contribution < 1.29 is 4.79 Å². The van der Waals surface area contributed by atoms with Gasteiger partial charge in [-0.15, -0.1) is 0 Å². The lowest BCUT2D eigenvalue weighted by Crippen LogP contribution is -2.33. The van der Waals surface area contributed by atoms with Gasteiger partial charge < -0.3 is 4.90 Å². The first-order chi connectivity index (χ1) is 7.15. The summed E-state index contributed by atoms with van der Waals surface area (Å²) in [5, 5.41) is 0. The van der Waals surface area contributed by atoms with E-state index in [2.05, 4.69) is 20.8 Å². The first-order valence-electron chi connectivity index (χ1n) is 5.29. The maximum atomic E-state index is 11.7. The number of hydrogen-bond acceptors (Lipinski definition) is 1. The third kappa shape index (κ3) is 3.39. The predicted molar refractivity (Wildman–Crippen MR) is 63.6 cm³/mol. The Kier molecular flexibility index (Phi) is 4.35. The van der Waals surface area contributed by atoms with Gasteiger partial charge in [-0.2, -0.15) is 0 Å². The smallest absolute Gasteiger partial charge is 0.226 e. The molecule has 1 aromatic rings. The number of hydrogen-bond donors (Lipinski definition) is 0. The molecule has 0 heterocycles. The number of para-hydroxylation sites is 1. The molecule has 2 nitrogen and oxygen atoms in total. The zero-order valence-electron chi connectivity index (χ0n) is 9.44. The molecule has 0 aliphatic carbocycles. The van der Waals surface area contributed by atoms with Crippen molar-refractivity contribution in [2.45, 2.75) is 20.3 Å². The molecule has 0 saturated carbocycles. The minimum atomic E-state index is 0.0786. The summed E-state index contributed by atoms with van der Waals surface area (Å²) in [5.74, 6) is 0.538. The Labute approximate surface area is 91.9 Å². The third-order valence-corrected chi connectivity index (χ3v) is 2.13. The van der Waals surface area contributed by atoms with E-state index in [1.807, 2.05) is 30.3 Å². The summed E-state index contributed by atoms with van der Waals surface area (Å²) in [6.07, 6.45) is 0.307. The average molecular weight is 204 g/mol. The molecule has 81 valence electrons. The molecular formula is C13H18NO. The zero-order valence-corrected chi connectivity index (χ0v) is 9.44. The molecule has 0 aliphatic rings. The summed E-state index contributed by atoms with van der Waals surface area (Å²) < 4.78 is 0. The maximum absolute atomic E-state index is 11.7. The zero-order chi connectivity index (χ0) is 11.3. The number of anilines is 1. The second-order valence-electron chi connectivity index (χ2n) is 3.98. The normalized spacial score (nSPS) is 10.4. The Morgan fingerprint density at radius 1 is 1.33 bits per heavy atom. The summed E-state index contributed by atoms with van der Waals surface area (Å²) in [7, 11) is 0. The molecule has 0 bridgehead atoms. The van der Waals surface area contributed by atoms with Crippen molar-refractivity contribution in [3.8, 4) is 0 Å². The highest BCUT2D eigenvalue weighted by Crippen LogP contribution is 2.16. The number of carbonyl (C=O) groups excluding carboxylic acids is 1. The van der Waals surface area contributed by atoms with E-state index < -0.39 is 0 Å². The molecule has 0 N–H and O–H groups in total. The van der Waals surface area contributed by atoms with Crippen LogP contribution >= 0.6 is 0 Å². The third-order valence-electron chi connectivity index (χ3n) is 2.13. The molecular weight excluding hydrogens is 186 g/mol. The number of nitrogens with zero attached hydrogens (tertiary/aromatic N) is 1. The molecule has 0 unspecified atom stereocenters. The first-order valence-corrected chi connectivity index (χ1v) is 5.29. The van der Waals surface area contributed by atoms with Gasteiger partial charge in [-0.3, -0.25) is 4.79 Å². The molecule has 15 heavy (non-hydrogen) atoms. The maximum Gasteiger partial charge on any atom is 0.226 e. The van der Waals surface area contributed by atoms with E-state index in [1.165, 1.54) is 0 Å². The van der Waals surface area contributed by atoms with Crippen LogP contribution in [0.5, 0.6) is 0 Å². The summed E-state index contributed by atoms with van der Waals surface area (Å²) >= 11 is 0. The van der Waals surface area contributed by atoms with Crippen LogP contribution in [0.3, 0.4) is 0 Å². The highest BCUT2D eigenvalue weighted by Gasteiger charge is 2.14. The van der Waals surface area contributed by atoms with Crippen LogP contribution in [-0.2, 0) is 4.79 Å². The molecule has 0 aliphatic heterocycles. The SMILES string of the molecule is [CH2]CC(=O)N(CC(C)C)c1ccccc1. The van der Waals surface area contributed by atoms with Crippen LogP contribution in [0.2, 0.25) is 0 Å². The molecule has 1 radical (unpaired) electrons. The summed E-state index contributed by atoms with van der Waals surface area (Å²) in [6, 6.07) is 9.75. The van der Waals surface area contributed by atoms with Crippen LogP contribution < -0.4 is 4.90 Å². The van der Waals surface area contributed by atoms with Crippen LogP contribution in [0.4, 0.5) is 5.69 Å². The van der Waals surface area contributed by atoms with E-state index in [-0.39, 0.29) is 5.91 Å². The van der Waals surface area contributed by atoms with Gasteiger partial charge in [-0.05, 0) is 25.0 Å². The van der Waals surface area contributed by atoms with Crippen molar-refractivity contribution in [2.75, 3.05) is 11.4 Å². The van der Waals surface area contributed by atoms with Crippen molar-refractivity contribution in [3.05, 3.63) is 37.3 Å². The fraction of sp³-hybridized carbons (Fsp3) is 0.385. The fourth-order valence-corrected chi connectivity index (χ4v) is 1.46. The van der Waals surface area contributed by atoms with E-state index in [9.17, 15) is 4.79 Å². The molecule has 0 fully saturated rings. The molecule has 1 aromatic carbocycles. The summed E-state index contributed by atoms with van der Waals surface area (Å²) in [5.41, 5.74) is 0.958. The Hall–Kier alpha value is -1.31. The highest BCUT2D eigenvalue weighted by molar-refractivity contribution is 5.93. The number of amides is 1. The van der Waals surface area contributed by atoms with Crippen LogP contribution in [0, 0.1) is 12.8 Å². The van der Waals surface area contributed by atoms with Crippen LogP contribution in [0.15, 0.2) is 30.3 Å². The van der Waals surface area contributed by atoms with Crippen molar-refractivity contribution in [3.63, 3.8) is 0 Å². The van der Waals surface area contributed by atoms with Gasteiger partial charge in [0.2, 0.25) is 5.91 Å². The van der Waals surface area contributed by atoms with E-state index in [1.54, 1.807) is 4.90 Å². The van der Waals surface area contributed by atoms with Crippen LogP contribution in [0.1, 0.15) is 20.3 Å². The van der Waals surface area contributed by atoms with Gasteiger partial charge in [0.05, 0.1) is 0 Å². The van der Waals surface area contributed by atoms with E-state index >= 15 is 0 Å². The van der Waals surface area contributed by atoms with Gasteiger partial charge in [0.25, 0.3) is 0 Å². The first kappa shape index (κ1) is 11.8. The minimum Gasteiger partial charge on any atom is -0.312 e. The van der Waals surface area contributed by atoms with Crippen molar-refractivity contribution in [2.24, 2.45) is 5.92 Å². The van der Waals surface area contributed by atoms with E-state index in [4.69, 9.17) is 0 Å². The lowest BCUT2D eigenvalue weighted by molar-refractivity contribution is -0.118. The highest BCUT2D eigenvalue weighted by atomic mass is 16.2.